The maximum atomic E-state index is 5.33. The second-order valence-corrected chi connectivity index (χ2v) is 5.78. The quantitative estimate of drug-likeness (QED) is 0.855. The number of hydrogen-bond acceptors (Lipinski definition) is 6. The average Bonchev–Trinajstić information content (AvgIpc) is 3.12. The van der Waals surface area contributed by atoms with Crippen LogP contribution in [-0.2, 0) is 6.54 Å². The van der Waals surface area contributed by atoms with Crippen LogP contribution in [0.25, 0.3) is 0 Å². The summed E-state index contributed by atoms with van der Waals surface area (Å²) in [5, 5.41) is 8.37. The van der Waals surface area contributed by atoms with Crippen LogP contribution < -0.4 is 0 Å². The van der Waals surface area contributed by atoms with E-state index in [4.69, 9.17) is 4.52 Å². The van der Waals surface area contributed by atoms with E-state index < -0.39 is 0 Å². The van der Waals surface area contributed by atoms with E-state index in [-0.39, 0.29) is 6.04 Å². The molecule has 0 aromatic carbocycles. The molecule has 0 N–H and O–H groups in total. The molecule has 2 aromatic heterocycles. The van der Waals surface area contributed by atoms with Crippen LogP contribution in [-0.4, -0.2) is 42.4 Å². The Labute approximate surface area is 124 Å². The number of hydrogen-bond donors (Lipinski definition) is 0. The highest BCUT2D eigenvalue weighted by molar-refractivity contribution is 4.96. The molecule has 0 aliphatic carbocycles. The number of nitrogens with zero attached hydrogens (tertiary/aromatic N) is 6. The zero-order valence-corrected chi connectivity index (χ0v) is 13.1. The Kier molecular flexibility index (Phi) is 3.75. The minimum absolute atomic E-state index is 0.142. The molecule has 1 aliphatic heterocycles. The van der Waals surface area contributed by atoms with Gasteiger partial charge < -0.3 is 4.52 Å². The first-order valence-corrected chi connectivity index (χ1v) is 7.48. The molecule has 21 heavy (non-hydrogen) atoms. The van der Waals surface area contributed by atoms with E-state index in [9.17, 15) is 0 Å². The lowest BCUT2D eigenvalue weighted by molar-refractivity contribution is 0.143. The lowest BCUT2D eigenvalue weighted by Gasteiger charge is -2.28. The molecule has 2 atom stereocenters. The Hall–Kier alpha value is -1.76. The first-order valence-electron chi connectivity index (χ1n) is 7.48. The summed E-state index contributed by atoms with van der Waals surface area (Å²) in [4.78, 5) is 11.2. The van der Waals surface area contributed by atoms with Gasteiger partial charge in [-0.15, -0.1) is 0 Å². The van der Waals surface area contributed by atoms with Crippen molar-refractivity contribution in [2.45, 2.75) is 59.2 Å². The smallest absolute Gasteiger partial charge is 0.243 e. The second kappa shape index (κ2) is 5.55. The first kappa shape index (κ1) is 14.2. The first-order chi connectivity index (χ1) is 10.0. The Balaban J connectivity index is 1.74. The molecule has 2 aromatic rings. The monoisotopic (exact) mass is 290 g/mol. The molecule has 1 fully saturated rings. The summed E-state index contributed by atoms with van der Waals surface area (Å²) >= 11 is 0. The molecule has 0 spiro atoms. The van der Waals surface area contributed by atoms with E-state index in [2.05, 4.69) is 32.0 Å². The van der Waals surface area contributed by atoms with Crippen molar-refractivity contribution in [1.82, 2.24) is 29.8 Å². The third-order valence-corrected chi connectivity index (χ3v) is 4.17. The van der Waals surface area contributed by atoms with Crippen molar-refractivity contribution in [2.24, 2.45) is 0 Å². The summed E-state index contributed by atoms with van der Waals surface area (Å²) in [6.45, 7) is 9.83. The van der Waals surface area contributed by atoms with Crippen molar-refractivity contribution in [2.75, 3.05) is 6.54 Å². The molecule has 3 rings (SSSR count). The fourth-order valence-corrected chi connectivity index (χ4v) is 3.12. The Morgan fingerprint density at radius 2 is 2.05 bits per heavy atom. The van der Waals surface area contributed by atoms with E-state index in [0.29, 0.717) is 17.8 Å². The molecule has 0 saturated carbocycles. The second-order valence-electron chi connectivity index (χ2n) is 5.78. The summed E-state index contributed by atoms with van der Waals surface area (Å²) in [5.41, 5.74) is 0. The van der Waals surface area contributed by atoms with Gasteiger partial charge in [0.1, 0.15) is 11.6 Å². The largest absolute Gasteiger partial charge is 0.338 e. The third-order valence-electron chi connectivity index (χ3n) is 4.17. The molecule has 1 aliphatic rings. The van der Waals surface area contributed by atoms with Crippen LogP contribution >= 0.6 is 0 Å². The van der Waals surface area contributed by atoms with Gasteiger partial charge in [-0.05, 0) is 47.1 Å². The molecule has 1 saturated heterocycles. The molecule has 7 nitrogen and oxygen atoms in total. The van der Waals surface area contributed by atoms with E-state index in [1.807, 2.05) is 25.5 Å². The predicted octanol–water partition coefficient (Wildman–Crippen LogP) is 1.81. The lowest BCUT2D eigenvalue weighted by atomic mass is 10.2. The van der Waals surface area contributed by atoms with Crippen molar-refractivity contribution in [1.29, 1.82) is 0 Å². The van der Waals surface area contributed by atoms with Gasteiger partial charge in [-0.2, -0.15) is 10.1 Å². The van der Waals surface area contributed by atoms with Gasteiger partial charge in [0.2, 0.25) is 5.89 Å². The minimum atomic E-state index is 0.142. The molecule has 0 unspecified atom stereocenters. The van der Waals surface area contributed by atoms with Gasteiger partial charge in [0.25, 0.3) is 0 Å². The summed E-state index contributed by atoms with van der Waals surface area (Å²) in [6, 6.07) is 0.579. The highest BCUT2D eigenvalue weighted by Gasteiger charge is 2.32. The zero-order valence-electron chi connectivity index (χ0n) is 13.1. The van der Waals surface area contributed by atoms with E-state index in [1.165, 1.54) is 6.42 Å². The molecular formula is C14H22N6O. The number of likely N-dealkylation sites (tertiary alicyclic amines) is 1. The third kappa shape index (κ3) is 2.83. The van der Waals surface area contributed by atoms with Gasteiger partial charge in [0.15, 0.2) is 5.82 Å². The van der Waals surface area contributed by atoms with E-state index in [1.54, 1.807) is 0 Å². The van der Waals surface area contributed by atoms with Gasteiger partial charge in [-0.3, -0.25) is 4.90 Å². The maximum absolute atomic E-state index is 5.33. The van der Waals surface area contributed by atoms with Crippen LogP contribution in [0.5, 0.6) is 0 Å². The Bertz CT molecular complexity index is 619. The van der Waals surface area contributed by atoms with Gasteiger partial charge in [-0.1, -0.05) is 5.16 Å². The Morgan fingerprint density at radius 3 is 2.67 bits per heavy atom. The average molecular weight is 290 g/mol. The Morgan fingerprint density at radius 1 is 1.24 bits per heavy atom. The van der Waals surface area contributed by atoms with Crippen molar-refractivity contribution in [3.8, 4) is 0 Å². The normalized spacial score (nSPS) is 21.0. The van der Waals surface area contributed by atoms with Gasteiger partial charge in [-0.25, -0.2) is 9.67 Å². The summed E-state index contributed by atoms with van der Waals surface area (Å²) in [5.74, 6) is 3.19. The van der Waals surface area contributed by atoms with E-state index >= 15 is 0 Å². The van der Waals surface area contributed by atoms with E-state index in [0.717, 1.165) is 31.2 Å². The minimum Gasteiger partial charge on any atom is -0.338 e. The standard InChI is InChI=1S/C14H22N6O/c1-9(14-16-11(3)18-21-14)19-7-5-6-13(19)8-20-12(4)15-10(2)17-20/h9,13H,5-8H2,1-4H3/t9-,13+/m0/s1. The molecule has 0 bridgehead atoms. The molecular weight excluding hydrogens is 268 g/mol. The van der Waals surface area contributed by atoms with Crippen LogP contribution in [0, 0.1) is 20.8 Å². The molecule has 3 heterocycles. The van der Waals surface area contributed by atoms with Crippen molar-refractivity contribution in [3.63, 3.8) is 0 Å². The van der Waals surface area contributed by atoms with Crippen LogP contribution in [0.3, 0.4) is 0 Å². The van der Waals surface area contributed by atoms with Crippen LogP contribution in [0.2, 0.25) is 0 Å². The summed E-state index contributed by atoms with van der Waals surface area (Å²) < 4.78 is 7.33. The SMILES string of the molecule is Cc1noc([C@H](C)N2CCC[C@@H]2Cn2nc(C)nc2C)n1. The van der Waals surface area contributed by atoms with Gasteiger partial charge in [0, 0.05) is 6.04 Å². The molecule has 114 valence electrons. The molecule has 7 heteroatoms. The maximum Gasteiger partial charge on any atom is 0.243 e. The lowest BCUT2D eigenvalue weighted by Crippen LogP contribution is -2.35. The van der Waals surface area contributed by atoms with Crippen molar-refractivity contribution in [3.05, 3.63) is 23.4 Å². The topological polar surface area (TPSA) is 72.9 Å². The summed E-state index contributed by atoms with van der Waals surface area (Å²) in [6.07, 6.45) is 2.35. The van der Waals surface area contributed by atoms with Gasteiger partial charge in [0.05, 0.1) is 12.6 Å². The number of aryl methyl sites for hydroxylation is 3. The van der Waals surface area contributed by atoms with Crippen LogP contribution in [0.4, 0.5) is 0 Å². The van der Waals surface area contributed by atoms with Crippen molar-refractivity contribution < 1.29 is 4.52 Å². The van der Waals surface area contributed by atoms with Crippen LogP contribution in [0.15, 0.2) is 4.52 Å². The fraction of sp³-hybridized carbons (Fsp3) is 0.714. The van der Waals surface area contributed by atoms with Gasteiger partial charge >= 0.3 is 0 Å². The van der Waals surface area contributed by atoms with Crippen molar-refractivity contribution >= 4 is 0 Å². The van der Waals surface area contributed by atoms with Crippen LogP contribution in [0.1, 0.15) is 49.2 Å². The molecule has 0 amide bonds. The number of aromatic nitrogens is 5. The highest BCUT2D eigenvalue weighted by atomic mass is 16.5. The number of rotatable bonds is 4. The molecule has 0 radical (unpaired) electrons. The highest BCUT2D eigenvalue weighted by Crippen LogP contribution is 2.29. The predicted molar refractivity (Wildman–Crippen MR) is 76.7 cm³/mol. The zero-order chi connectivity index (χ0) is 15.0. The fourth-order valence-electron chi connectivity index (χ4n) is 3.12. The summed E-state index contributed by atoms with van der Waals surface area (Å²) in [7, 11) is 0.